The standard InChI is InChI=1S/C33H24Cl2FN5O5/c34-21-11-10-20(26(35)14-21)12-22(17-45-41-32(43)24-6-1-2-7-25(24)33(41)44)38-31(42)30-27(16-37-29-15-28(36)39-40(29)30)46-23-5-3-4-19(13-23)18-8-9-18/h1-7,10-11,13-16,18,22H,8-9,12,17H2,(H,38,42). The average molecular weight is 660 g/mol. The number of benzene rings is 3. The van der Waals surface area contributed by atoms with E-state index < -0.39 is 29.7 Å². The zero-order chi connectivity index (χ0) is 31.9. The van der Waals surface area contributed by atoms with Gasteiger partial charge in [0.25, 0.3) is 17.7 Å². The number of nitrogens with zero attached hydrogens (tertiary/aromatic N) is 4. The molecule has 46 heavy (non-hydrogen) atoms. The molecule has 1 saturated carbocycles. The predicted molar refractivity (Wildman–Crippen MR) is 166 cm³/mol. The maximum absolute atomic E-state index is 14.3. The maximum Gasteiger partial charge on any atom is 0.285 e. The van der Waals surface area contributed by atoms with E-state index in [1.807, 2.05) is 18.2 Å². The minimum atomic E-state index is -0.856. The molecular weight excluding hydrogens is 636 g/mol. The van der Waals surface area contributed by atoms with E-state index in [2.05, 4.69) is 15.4 Å². The SMILES string of the molecule is O=C(NC(CON1C(=O)c2ccccc2C1=O)Cc1ccc(Cl)cc1Cl)c1c(Oc2cccc(C3CC3)c2)cnc2cc(F)nn12. The fraction of sp³-hybridized carbons (Fsp3) is 0.182. The quantitative estimate of drug-likeness (QED) is 0.172. The second kappa shape index (κ2) is 12.2. The summed E-state index contributed by atoms with van der Waals surface area (Å²) in [7, 11) is 0. The van der Waals surface area contributed by atoms with Gasteiger partial charge in [0.05, 0.1) is 30.0 Å². The highest BCUT2D eigenvalue weighted by atomic mass is 35.5. The first-order chi connectivity index (χ1) is 22.2. The van der Waals surface area contributed by atoms with E-state index in [1.54, 1.807) is 36.4 Å². The van der Waals surface area contributed by atoms with Gasteiger partial charge < -0.3 is 10.1 Å². The van der Waals surface area contributed by atoms with Crippen molar-refractivity contribution in [3.63, 3.8) is 0 Å². The van der Waals surface area contributed by atoms with Crippen molar-refractivity contribution < 1.29 is 28.3 Å². The van der Waals surface area contributed by atoms with E-state index in [0.717, 1.165) is 29.0 Å². The molecule has 0 radical (unpaired) electrons. The van der Waals surface area contributed by atoms with E-state index >= 15 is 0 Å². The molecule has 5 aromatic rings. The van der Waals surface area contributed by atoms with Crippen molar-refractivity contribution in [2.45, 2.75) is 31.2 Å². The predicted octanol–water partition coefficient (Wildman–Crippen LogP) is 6.41. The van der Waals surface area contributed by atoms with Gasteiger partial charge in [-0.05, 0) is 72.7 Å². The Hall–Kier alpha value is -4.84. The van der Waals surface area contributed by atoms with E-state index in [-0.39, 0.29) is 41.2 Å². The number of hydrogen-bond donors (Lipinski definition) is 1. The lowest BCUT2D eigenvalue weighted by Crippen LogP contribution is -2.43. The number of rotatable bonds is 10. The minimum Gasteiger partial charge on any atom is -0.453 e. The van der Waals surface area contributed by atoms with Crippen LogP contribution in [0.2, 0.25) is 10.0 Å². The van der Waals surface area contributed by atoms with E-state index in [9.17, 15) is 18.8 Å². The van der Waals surface area contributed by atoms with Crippen LogP contribution in [0.15, 0.2) is 79.0 Å². The second-order valence-electron chi connectivity index (χ2n) is 11.0. The summed E-state index contributed by atoms with van der Waals surface area (Å²) in [5.41, 5.74) is 2.11. The molecule has 3 heterocycles. The third-order valence-corrected chi connectivity index (χ3v) is 8.33. The second-order valence-corrected chi connectivity index (χ2v) is 11.9. The molecule has 1 atom stereocenters. The lowest BCUT2D eigenvalue weighted by atomic mass is 10.1. The number of amides is 3. The van der Waals surface area contributed by atoms with Gasteiger partial charge in [-0.25, -0.2) is 9.50 Å². The summed E-state index contributed by atoms with van der Waals surface area (Å²) >= 11 is 12.5. The summed E-state index contributed by atoms with van der Waals surface area (Å²) in [5.74, 6) is -1.81. The van der Waals surface area contributed by atoms with Crippen molar-refractivity contribution in [3.8, 4) is 11.5 Å². The van der Waals surface area contributed by atoms with Gasteiger partial charge in [-0.1, -0.05) is 53.5 Å². The Morgan fingerprint density at radius 3 is 2.48 bits per heavy atom. The van der Waals surface area contributed by atoms with Crippen LogP contribution < -0.4 is 10.1 Å². The summed E-state index contributed by atoms with van der Waals surface area (Å²) in [5, 5.41) is 8.14. The molecule has 3 aromatic carbocycles. The molecule has 0 saturated heterocycles. The van der Waals surface area contributed by atoms with Gasteiger partial charge >= 0.3 is 0 Å². The number of aromatic nitrogens is 3. The molecule has 1 aliphatic carbocycles. The zero-order valence-corrected chi connectivity index (χ0v) is 25.5. The van der Waals surface area contributed by atoms with Crippen LogP contribution in [0.5, 0.6) is 11.5 Å². The monoisotopic (exact) mass is 659 g/mol. The number of imide groups is 1. The third kappa shape index (κ3) is 5.92. The Bertz CT molecular complexity index is 2000. The van der Waals surface area contributed by atoms with Gasteiger partial charge in [-0.15, -0.1) is 10.2 Å². The van der Waals surface area contributed by atoms with Gasteiger partial charge in [-0.2, -0.15) is 4.39 Å². The van der Waals surface area contributed by atoms with Gasteiger partial charge in [-0.3, -0.25) is 19.2 Å². The van der Waals surface area contributed by atoms with E-state index in [4.69, 9.17) is 32.8 Å². The highest BCUT2D eigenvalue weighted by Gasteiger charge is 2.37. The molecule has 1 N–H and O–H groups in total. The smallest absolute Gasteiger partial charge is 0.285 e. The number of hydroxylamine groups is 2. The number of nitrogens with one attached hydrogen (secondary N) is 1. The normalized spacial score (nSPS) is 14.9. The van der Waals surface area contributed by atoms with Gasteiger partial charge in [0.1, 0.15) is 5.75 Å². The van der Waals surface area contributed by atoms with Crippen LogP contribution in [0.25, 0.3) is 5.65 Å². The molecule has 1 aliphatic heterocycles. The van der Waals surface area contributed by atoms with Crippen LogP contribution in [-0.2, 0) is 11.3 Å². The first-order valence-corrected chi connectivity index (χ1v) is 15.2. The molecule has 13 heteroatoms. The summed E-state index contributed by atoms with van der Waals surface area (Å²) in [6.07, 6.45) is 3.64. The van der Waals surface area contributed by atoms with Crippen molar-refractivity contribution in [1.82, 2.24) is 25.0 Å². The molecule has 2 aliphatic rings. The van der Waals surface area contributed by atoms with E-state index in [1.165, 1.54) is 18.3 Å². The lowest BCUT2D eigenvalue weighted by molar-refractivity contribution is -0.0968. The molecule has 0 bridgehead atoms. The molecule has 1 unspecified atom stereocenters. The van der Waals surface area contributed by atoms with Crippen LogP contribution in [0.3, 0.4) is 0 Å². The largest absolute Gasteiger partial charge is 0.453 e. The number of hydrogen-bond acceptors (Lipinski definition) is 7. The van der Waals surface area contributed by atoms with Crippen LogP contribution in [-0.4, -0.2) is 50.0 Å². The fourth-order valence-electron chi connectivity index (χ4n) is 5.36. The number of carbonyl (C=O) groups is 3. The van der Waals surface area contributed by atoms with Crippen molar-refractivity contribution in [3.05, 3.63) is 123 Å². The third-order valence-electron chi connectivity index (χ3n) is 7.75. The fourth-order valence-corrected chi connectivity index (χ4v) is 5.84. The van der Waals surface area contributed by atoms with Gasteiger partial charge in [0.15, 0.2) is 17.1 Å². The number of carbonyl (C=O) groups excluding carboxylic acids is 3. The Balaban J connectivity index is 1.19. The Kier molecular flexibility index (Phi) is 7.89. The van der Waals surface area contributed by atoms with Gasteiger partial charge in [0.2, 0.25) is 5.95 Å². The average Bonchev–Trinajstić information content (AvgIpc) is 3.78. The van der Waals surface area contributed by atoms with Crippen LogP contribution in [0, 0.1) is 5.95 Å². The van der Waals surface area contributed by atoms with Crippen molar-refractivity contribution in [2.75, 3.05) is 6.61 Å². The number of halogens is 3. The van der Waals surface area contributed by atoms with Gasteiger partial charge in [0, 0.05) is 16.1 Å². The number of fused-ring (bicyclic) bond motifs is 2. The molecule has 7 rings (SSSR count). The summed E-state index contributed by atoms with van der Waals surface area (Å²) in [6.45, 7) is -0.308. The first kappa shape index (κ1) is 29.8. The molecule has 2 aromatic heterocycles. The highest BCUT2D eigenvalue weighted by molar-refractivity contribution is 6.35. The Morgan fingerprint density at radius 1 is 1.00 bits per heavy atom. The summed E-state index contributed by atoms with van der Waals surface area (Å²) in [6, 6.07) is 19.0. The first-order valence-electron chi connectivity index (χ1n) is 14.4. The maximum atomic E-state index is 14.3. The van der Waals surface area contributed by atoms with Crippen molar-refractivity contribution in [1.29, 1.82) is 0 Å². The minimum absolute atomic E-state index is 0.0330. The van der Waals surface area contributed by atoms with Crippen LogP contribution in [0.1, 0.15) is 61.1 Å². The van der Waals surface area contributed by atoms with Crippen LogP contribution >= 0.6 is 23.2 Å². The highest BCUT2D eigenvalue weighted by Crippen LogP contribution is 2.41. The Labute approximate surface area is 271 Å². The lowest BCUT2D eigenvalue weighted by Gasteiger charge is -2.23. The molecule has 232 valence electrons. The Morgan fingerprint density at radius 2 is 1.76 bits per heavy atom. The zero-order valence-electron chi connectivity index (χ0n) is 24.0. The molecule has 10 nitrogen and oxygen atoms in total. The molecule has 0 spiro atoms. The molecule has 3 amide bonds. The summed E-state index contributed by atoms with van der Waals surface area (Å²) < 4.78 is 21.5. The van der Waals surface area contributed by atoms with Crippen molar-refractivity contribution >= 4 is 46.6 Å². The van der Waals surface area contributed by atoms with E-state index in [0.29, 0.717) is 32.3 Å². The molecular formula is C33H24Cl2FN5O5. The number of ether oxygens (including phenoxy) is 1. The van der Waals surface area contributed by atoms with Crippen LogP contribution in [0.4, 0.5) is 4.39 Å². The summed E-state index contributed by atoms with van der Waals surface area (Å²) in [4.78, 5) is 49.9. The topological polar surface area (TPSA) is 115 Å². The van der Waals surface area contributed by atoms with Crippen molar-refractivity contribution in [2.24, 2.45) is 0 Å². The molecule has 1 fully saturated rings.